The first-order chi connectivity index (χ1) is 15.3. The monoisotopic (exact) mass is 438 g/mol. The summed E-state index contributed by atoms with van der Waals surface area (Å²) in [5, 5.41) is 6.85. The highest BCUT2D eigenvalue weighted by atomic mass is 19.3. The largest absolute Gasteiger partial charge is 0.325 e. The Kier molecular flexibility index (Phi) is 4.58. The Balaban J connectivity index is 1.31. The van der Waals surface area contributed by atoms with Crippen molar-refractivity contribution in [1.29, 1.82) is 0 Å². The Morgan fingerprint density at radius 2 is 1.75 bits per heavy atom. The van der Waals surface area contributed by atoms with Gasteiger partial charge in [0.1, 0.15) is 5.54 Å². The maximum absolute atomic E-state index is 13.5. The number of hydrogen-bond acceptors (Lipinski definition) is 4. The van der Waals surface area contributed by atoms with E-state index in [2.05, 4.69) is 10.4 Å². The van der Waals surface area contributed by atoms with E-state index in [0.717, 1.165) is 21.5 Å². The standard InChI is InChI=1S/C23H20F2N4O3/c24-23(25)10-8-22(9-11-23)20(31)28(21(32)27-22)14-19(30)16-6-4-15(5-7-16)17-13-26-29-12-2-1-3-18(17)29/h1-7,12-13H,8-11,14H2,(H,27,32). The molecule has 1 saturated carbocycles. The van der Waals surface area contributed by atoms with E-state index < -0.39 is 48.6 Å². The number of nitrogens with zero attached hydrogens (tertiary/aromatic N) is 3. The summed E-state index contributed by atoms with van der Waals surface area (Å²) in [7, 11) is 0. The van der Waals surface area contributed by atoms with Crippen LogP contribution in [0.5, 0.6) is 0 Å². The van der Waals surface area contributed by atoms with Crippen molar-refractivity contribution in [1.82, 2.24) is 19.8 Å². The van der Waals surface area contributed by atoms with Crippen LogP contribution < -0.4 is 5.32 Å². The number of halogens is 2. The number of carbonyl (C=O) groups is 3. The average Bonchev–Trinajstić information content (AvgIpc) is 3.31. The minimum atomic E-state index is -2.83. The topological polar surface area (TPSA) is 83.8 Å². The lowest BCUT2D eigenvalue weighted by atomic mass is 9.80. The summed E-state index contributed by atoms with van der Waals surface area (Å²) in [6.45, 7) is -0.432. The van der Waals surface area contributed by atoms with Gasteiger partial charge in [0.25, 0.3) is 5.91 Å². The molecule has 1 spiro atoms. The first kappa shape index (κ1) is 20.3. The van der Waals surface area contributed by atoms with Crippen molar-refractivity contribution in [3.8, 4) is 11.1 Å². The molecule has 2 aliphatic rings. The number of rotatable bonds is 4. The van der Waals surface area contributed by atoms with Gasteiger partial charge in [-0.2, -0.15) is 5.10 Å². The molecule has 9 heteroatoms. The van der Waals surface area contributed by atoms with Gasteiger partial charge in [0.05, 0.1) is 18.3 Å². The lowest BCUT2D eigenvalue weighted by Crippen LogP contribution is -2.51. The molecule has 1 aliphatic heterocycles. The van der Waals surface area contributed by atoms with Crippen molar-refractivity contribution in [3.05, 3.63) is 60.4 Å². The third kappa shape index (κ3) is 3.34. The minimum absolute atomic E-state index is 0.135. The van der Waals surface area contributed by atoms with Crippen LogP contribution >= 0.6 is 0 Å². The highest BCUT2D eigenvalue weighted by Gasteiger charge is 2.55. The van der Waals surface area contributed by atoms with Gasteiger partial charge in [-0.3, -0.25) is 14.5 Å². The van der Waals surface area contributed by atoms with Crippen LogP contribution in [0.2, 0.25) is 0 Å². The third-order valence-corrected chi connectivity index (χ3v) is 6.33. The molecule has 1 aromatic carbocycles. The minimum Gasteiger partial charge on any atom is -0.323 e. The fourth-order valence-corrected chi connectivity index (χ4v) is 4.43. The van der Waals surface area contributed by atoms with Crippen LogP contribution in [-0.4, -0.2) is 50.2 Å². The zero-order valence-electron chi connectivity index (χ0n) is 17.1. The number of imide groups is 1. The number of alkyl halides is 2. The third-order valence-electron chi connectivity index (χ3n) is 6.33. The van der Waals surface area contributed by atoms with Gasteiger partial charge in [-0.05, 0) is 30.5 Å². The van der Waals surface area contributed by atoms with Gasteiger partial charge in [-0.15, -0.1) is 0 Å². The fourth-order valence-electron chi connectivity index (χ4n) is 4.43. The molecular formula is C23H20F2N4O3. The molecule has 0 radical (unpaired) electrons. The molecule has 1 aliphatic carbocycles. The number of nitrogens with one attached hydrogen (secondary N) is 1. The molecule has 164 valence electrons. The summed E-state index contributed by atoms with van der Waals surface area (Å²) in [6.07, 6.45) is 2.38. The summed E-state index contributed by atoms with van der Waals surface area (Å²) >= 11 is 0. The first-order valence-electron chi connectivity index (χ1n) is 10.4. The van der Waals surface area contributed by atoms with E-state index in [1.165, 1.54) is 0 Å². The number of Topliss-reactive ketones (excluding diaryl/α,β-unsaturated/α-hetero) is 1. The molecule has 0 unspecified atom stereocenters. The number of carbonyl (C=O) groups excluding carboxylic acids is 3. The molecule has 0 atom stereocenters. The van der Waals surface area contributed by atoms with Crippen molar-refractivity contribution in [2.75, 3.05) is 6.54 Å². The summed E-state index contributed by atoms with van der Waals surface area (Å²) in [5.41, 5.74) is 1.73. The molecule has 1 saturated heterocycles. The number of urea groups is 1. The number of benzene rings is 1. The number of amides is 3. The second-order valence-electron chi connectivity index (χ2n) is 8.35. The van der Waals surface area contributed by atoms with E-state index in [-0.39, 0.29) is 12.8 Å². The summed E-state index contributed by atoms with van der Waals surface area (Å²) in [6, 6.07) is 11.9. The number of aromatic nitrogens is 2. The summed E-state index contributed by atoms with van der Waals surface area (Å²) < 4.78 is 28.8. The van der Waals surface area contributed by atoms with E-state index in [1.807, 2.05) is 24.4 Å². The Bertz CT molecular complexity index is 1230. The van der Waals surface area contributed by atoms with Crippen molar-refractivity contribution in [2.45, 2.75) is 37.1 Å². The van der Waals surface area contributed by atoms with Gasteiger partial charge in [0.15, 0.2) is 5.78 Å². The Morgan fingerprint density at radius 3 is 2.47 bits per heavy atom. The molecular weight excluding hydrogens is 418 g/mol. The molecule has 3 amide bonds. The molecule has 32 heavy (non-hydrogen) atoms. The molecule has 2 aromatic heterocycles. The predicted molar refractivity (Wildman–Crippen MR) is 111 cm³/mol. The maximum atomic E-state index is 13.5. The Morgan fingerprint density at radius 1 is 1.03 bits per heavy atom. The number of pyridine rings is 1. The van der Waals surface area contributed by atoms with Crippen LogP contribution in [0.4, 0.5) is 13.6 Å². The van der Waals surface area contributed by atoms with E-state index in [0.29, 0.717) is 5.56 Å². The number of fused-ring (bicyclic) bond motifs is 1. The van der Waals surface area contributed by atoms with Gasteiger partial charge in [0.2, 0.25) is 5.92 Å². The van der Waals surface area contributed by atoms with E-state index in [9.17, 15) is 23.2 Å². The normalized spacial score (nSPS) is 19.5. The molecule has 5 rings (SSSR count). The molecule has 2 fully saturated rings. The Hall–Kier alpha value is -3.62. The van der Waals surface area contributed by atoms with Gasteiger partial charge >= 0.3 is 6.03 Å². The first-order valence-corrected chi connectivity index (χ1v) is 10.4. The SMILES string of the molecule is O=C(CN1C(=O)NC2(CCC(F)(F)CC2)C1=O)c1ccc(-c2cnn3ccccc23)cc1. The second kappa shape index (κ2) is 7.22. The molecule has 3 heterocycles. The lowest BCUT2D eigenvalue weighted by Gasteiger charge is -2.34. The van der Waals surface area contributed by atoms with Gasteiger partial charge in [-0.1, -0.05) is 30.3 Å². The quantitative estimate of drug-likeness (QED) is 0.498. The van der Waals surface area contributed by atoms with Gasteiger partial charge < -0.3 is 5.32 Å². The molecule has 3 aromatic rings. The van der Waals surface area contributed by atoms with Crippen LogP contribution in [0.15, 0.2) is 54.9 Å². The van der Waals surface area contributed by atoms with E-state index in [4.69, 9.17) is 0 Å². The Labute approximate surface area is 182 Å². The van der Waals surface area contributed by atoms with Crippen LogP contribution in [-0.2, 0) is 4.79 Å². The fraction of sp³-hybridized carbons (Fsp3) is 0.304. The summed E-state index contributed by atoms with van der Waals surface area (Å²) in [4.78, 5) is 38.8. The molecule has 0 bridgehead atoms. The number of hydrogen-bond donors (Lipinski definition) is 1. The molecule has 1 N–H and O–H groups in total. The van der Waals surface area contributed by atoms with Crippen molar-refractivity contribution in [2.24, 2.45) is 0 Å². The predicted octanol–water partition coefficient (Wildman–Crippen LogP) is 3.68. The van der Waals surface area contributed by atoms with Gasteiger partial charge in [-0.25, -0.2) is 18.1 Å². The average molecular weight is 438 g/mol. The zero-order valence-corrected chi connectivity index (χ0v) is 17.1. The lowest BCUT2D eigenvalue weighted by molar-refractivity contribution is -0.135. The van der Waals surface area contributed by atoms with Crippen molar-refractivity contribution >= 4 is 23.2 Å². The van der Waals surface area contributed by atoms with E-state index in [1.54, 1.807) is 35.0 Å². The zero-order chi connectivity index (χ0) is 22.5. The smallest absolute Gasteiger partial charge is 0.323 e. The highest BCUT2D eigenvalue weighted by molar-refractivity contribution is 6.11. The summed E-state index contributed by atoms with van der Waals surface area (Å²) in [5.74, 6) is -3.84. The van der Waals surface area contributed by atoms with E-state index >= 15 is 0 Å². The van der Waals surface area contributed by atoms with Crippen LogP contribution in [0, 0.1) is 0 Å². The van der Waals surface area contributed by atoms with Crippen LogP contribution in [0.3, 0.4) is 0 Å². The second-order valence-corrected chi connectivity index (χ2v) is 8.35. The highest BCUT2D eigenvalue weighted by Crippen LogP contribution is 2.41. The number of ketones is 1. The van der Waals surface area contributed by atoms with Gasteiger partial charge in [0, 0.05) is 30.2 Å². The maximum Gasteiger partial charge on any atom is 0.325 e. The van der Waals surface area contributed by atoms with Crippen LogP contribution in [0.1, 0.15) is 36.0 Å². The molecule has 7 nitrogen and oxygen atoms in total. The van der Waals surface area contributed by atoms with Crippen LogP contribution in [0.25, 0.3) is 16.6 Å². The van der Waals surface area contributed by atoms with Crippen molar-refractivity contribution in [3.63, 3.8) is 0 Å². The van der Waals surface area contributed by atoms with Crippen molar-refractivity contribution < 1.29 is 23.2 Å².